The Balaban J connectivity index is 1.71. The fraction of sp³-hybridized carbons (Fsp3) is 0.462. The second-order valence-electron chi connectivity index (χ2n) is 5.31. The van der Waals surface area contributed by atoms with Crippen molar-refractivity contribution in [3.8, 4) is 6.01 Å². The zero-order valence-electron chi connectivity index (χ0n) is 12.5. The summed E-state index contributed by atoms with van der Waals surface area (Å²) < 4.78 is 46.4. The number of aromatic nitrogens is 4. The maximum absolute atomic E-state index is 12.8. The molecule has 0 N–H and O–H groups in total. The van der Waals surface area contributed by atoms with Crippen molar-refractivity contribution in [3.63, 3.8) is 0 Å². The van der Waals surface area contributed by atoms with E-state index < -0.39 is 15.8 Å². The molecular weight excluding hydrogens is 325 g/mol. The van der Waals surface area contributed by atoms with Crippen LogP contribution in [-0.2, 0) is 17.1 Å². The molecule has 2 aromatic heterocycles. The first-order valence-corrected chi connectivity index (χ1v) is 8.51. The lowest BCUT2D eigenvalue weighted by molar-refractivity contribution is 0.118. The summed E-state index contributed by atoms with van der Waals surface area (Å²) in [4.78, 5) is 11.4. The smallest absolute Gasteiger partial charge is 0.316 e. The van der Waals surface area contributed by atoms with E-state index in [1.807, 2.05) is 0 Å². The molecule has 3 rings (SSSR count). The summed E-state index contributed by atoms with van der Waals surface area (Å²) in [6, 6.07) is 0.0356. The monoisotopic (exact) mass is 341 g/mol. The molecule has 8 nitrogen and oxygen atoms in total. The summed E-state index contributed by atoms with van der Waals surface area (Å²) in [5.41, 5.74) is 0. The highest BCUT2D eigenvalue weighted by molar-refractivity contribution is 7.89. The fourth-order valence-electron chi connectivity index (χ4n) is 2.38. The summed E-state index contributed by atoms with van der Waals surface area (Å²) in [7, 11) is -1.94. The SMILES string of the molecule is Cn1cnc(S(=O)(=O)N2CCCC(Oc3ncc(F)cn3)C2)c1. The van der Waals surface area contributed by atoms with Crippen molar-refractivity contribution in [3.05, 3.63) is 30.7 Å². The van der Waals surface area contributed by atoms with Gasteiger partial charge in [-0.05, 0) is 12.8 Å². The average molecular weight is 341 g/mol. The number of rotatable bonds is 4. The molecule has 1 fully saturated rings. The second kappa shape index (κ2) is 6.20. The highest BCUT2D eigenvalue weighted by Crippen LogP contribution is 2.21. The van der Waals surface area contributed by atoms with Crippen LogP contribution < -0.4 is 4.74 Å². The molecule has 3 heterocycles. The van der Waals surface area contributed by atoms with Crippen molar-refractivity contribution in [1.29, 1.82) is 0 Å². The van der Waals surface area contributed by atoms with Gasteiger partial charge in [-0.15, -0.1) is 0 Å². The minimum Gasteiger partial charge on any atom is -0.459 e. The van der Waals surface area contributed by atoms with Crippen LogP contribution in [0.2, 0.25) is 0 Å². The molecule has 0 saturated carbocycles. The van der Waals surface area contributed by atoms with Crippen LogP contribution >= 0.6 is 0 Å². The molecule has 0 aromatic carbocycles. The molecule has 1 atom stereocenters. The molecule has 0 spiro atoms. The van der Waals surface area contributed by atoms with Gasteiger partial charge in [-0.25, -0.2) is 27.8 Å². The third-order valence-corrected chi connectivity index (χ3v) is 5.25. The summed E-state index contributed by atoms with van der Waals surface area (Å²) in [5, 5.41) is 0.0127. The van der Waals surface area contributed by atoms with Crippen molar-refractivity contribution < 1.29 is 17.5 Å². The number of piperidine rings is 1. The van der Waals surface area contributed by atoms with Gasteiger partial charge < -0.3 is 9.30 Å². The second-order valence-corrected chi connectivity index (χ2v) is 7.19. The van der Waals surface area contributed by atoms with Crippen molar-refractivity contribution in [2.75, 3.05) is 13.1 Å². The summed E-state index contributed by atoms with van der Waals surface area (Å²) in [6.07, 6.45) is 5.86. The van der Waals surface area contributed by atoms with E-state index in [9.17, 15) is 12.8 Å². The largest absolute Gasteiger partial charge is 0.459 e. The van der Waals surface area contributed by atoms with E-state index in [1.54, 1.807) is 11.6 Å². The molecule has 124 valence electrons. The van der Waals surface area contributed by atoms with E-state index >= 15 is 0 Å². The number of nitrogens with zero attached hydrogens (tertiary/aromatic N) is 5. The Morgan fingerprint density at radius 3 is 2.70 bits per heavy atom. The molecule has 1 saturated heterocycles. The lowest BCUT2D eigenvalue weighted by Gasteiger charge is -2.30. The Bertz CT molecular complexity index is 777. The Kier molecular flexibility index (Phi) is 4.26. The number of hydrogen-bond donors (Lipinski definition) is 0. The normalized spacial score (nSPS) is 19.7. The van der Waals surface area contributed by atoms with Gasteiger partial charge in [-0.1, -0.05) is 0 Å². The standard InChI is InChI=1S/C13H16FN5O3S/c1-18-8-12(17-9-18)23(20,21)19-4-2-3-11(7-19)22-13-15-5-10(14)6-16-13/h5-6,8-9,11H,2-4,7H2,1H3. The predicted molar refractivity (Wildman–Crippen MR) is 77.6 cm³/mol. The molecule has 0 bridgehead atoms. The van der Waals surface area contributed by atoms with Gasteiger partial charge in [0, 0.05) is 19.8 Å². The first kappa shape index (κ1) is 15.8. The van der Waals surface area contributed by atoms with Gasteiger partial charge in [-0.2, -0.15) is 4.31 Å². The van der Waals surface area contributed by atoms with Crippen molar-refractivity contribution >= 4 is 10.0 Å². The van der Waals surface area contributed by atoms with Crippen LogP contribution in [0.1, 0.15) is 12.8 Å². The lowest BCUT2D eigenvalue weighted by atomic mass is 10.1. The summed E-state index contributed by atoms with van der Waals surface area (Å²) in [5.74, 6) is -0.555. The number of sulfonamides is 1. The number of hydrogen-bond acceptors (Lipinski definition) is 6. The third-order valence-electron chi connectivity index (χ3n) is 3.49. The minimum atomic E-state index is -3.65. The van der Waals surface area contributed by atoms with Gasteiger partial charge in [0.05, 0.1) is 25.3 Å². The Labute approximate surface area is 133 Å². The maximum Gasteiger partial charge on any atom is 0.316 e. The number of aryl methyl sites for hydroxylation is 1. The highest BCUT2D eigenvalue weighted by atomic mass is 32.2. The van der Waals surface area contributed by atoms with Gasteiger partial charge >= 0.3 is 6.01 Å². The molecule has 1 aliphatic rings. The Morgan fingerprint density at radius 1 is 1.30 bits per heavy atom. The van der Waals surface area contributed by atoms with Crippen LogP contribution in [0.5, 0.6) is 6.01 Å². The van der Waals surface area contributed by atoms with Crippen LogP contribution in [-0.4, -0.2) is 51.4 Å². The molecule has 0 amide bonds. The zero-order chi connectivity index (χ0) is 16.4. The molecule has 10 heteroatoms. The summed E-state index contributed by atoms with van der Waals surface area (Å²) >= 11 is 0. The van der Waals surface area contributed by atoms with E-state index in [4.69, 9.17) is 4.74 Å². The Hall–Kier alpha value is -2.07. The van der Waals surface area contributed by atoms with E-state index in [0.29, 0.717) is 19.4 Å². The minimum absolute atomic E-state index is 0.0127. The van der Waals surface area contributed by atoms with Crippen molar-refractivity contribution in [2.24, 2.45) is 7.05 Å². The number of ether oxygens (including phenoxy) is 1. The van der Waals surface area contributed by atoms with E-state index in [0.717, 1.165) is 12.4 Å². The molecule has 0 radical (unpaired) electrons. The molecule has 0 aliphatic carbocycles. The molecular formula is C13H16FN5O3S. The van der Waals surface area contributed by atoms with Crippen LogP contribution in [0.15, 0.2) is 29.9 Å². The molecule has 23 heavy (non-hydrogen) atoms. The number of halogens is 1. The van der Waals surface area contributed by atoms with Gasteiger partial charge in [0.25, 0.3) is 10.0 Å². The van der Waals surface area contributed by atoms with Crippen molar-refractivity contribution in [1.82, 2.24) is 23.8 Å². The summed E-state index contributed by atoms with van der Waals surface area (Å²) in [6.45, 7) is 0.586. The Morgan fingerprint density at radius 2 is 2.04 bits per heavy atom. The third kappa shape index (κ3) is 3.48. The van der Waals surface area contributed by atoms with E-state index in [1.165, 1.54) is 16.8 Å². The van der Waals surface area contributed by atoms with E-state index in [-0.39, 0.29) is 23.7 Å². The molecule has 1 aliphatic heterocycles. The van der Waals surface area contributed by atoms with E-state index in [2.05, 4.69) is 15.0 Å². The first-order chi connectivity index (χ1) is 10.9. The number of imidazole rings is 1. The van der Waals surface area contributed by atoms with Crippen LogP contribution in [0, 0.1) is 5.82 Å². The average Bonchev–Trinajstić information content (AvgIpc) is 2.97. The maximum atomic E-state index is 12.8. The lowest BCUT2D eigenvalue weighted by Crippen LogP contribution is -2.44. The predicted octanol–water partition coefficient (Wildman–Crippen LogP) is 0.581. The van der Waals surface area contributed by atoms with Crippen LogP contribution in [0.25, 0.3) is 0 Å². The van der Waals surface area contributed by atoms with Crippen LogP contribution in [0.4, 0.5) is 4.39 Å². The first-order valence-electron chi connectivity index (χ1n) is 7.07. The highest BCUT2D eigenvalue weighted by Gasteiger charge is 2.32. The van der Waals surface area contributed by atoms with Crippen LogP contribution in [0.3, 0.4) is 0 Å². The molecule has 2 aromatic rings. The topological polar surface area (TPSA) is 90.2 Å². The van der Waals surface area contributed by atoms with Gasteiger partial charge in [-0.3, -0.25) is 0 Å². The quantitative estimate of drug-likeness (QED) is 0.808. The fourth-order valence-corrected chi connectivity index (χ4v) is 3.86. The zero-order valence-corrected chi connectivity index (χ0v) is 13.3. The van der Waals surface area contributed by atoms with Gasteiger partial charge in [0.15, 0.2) is 10.8 Å². The van der Waals surface area contributed by atoms with Crippen molar-refractivity contribution in [2.45, 2.75) is 24.0 Å². The van der Waals surface area contributed by atoms with Gasteiger partial charge in [0.2, 0.25) is 0 Å². The molecule has 1 unspecified atom stereocenters. The van der Waals surface area contributed by atoms with Gasteiger partial charge in [0.1, 0.15) is 6.10 Å².